The number of piperidine rings is 1. The zero-order valence-corrected chi connectivity index (χ0v) is 18.5. The van der Waals surface area contributed by atoms with Crippen molar-refractivity contribution in [1.29, 1.82) is 0 Å². The van der Waals surface area contributed by atoms with Gasteiger partial charge in [0.2, 0.25) is 5.91 Å². The van der Waals surface area contributed by atoms with Crippen molar-refractivity contribution >= 4 is 29.7 Å². The lowest BCUT2D eigenvalue weighted by molar-refractivity contribution is -0.385. The monoisotopic (exact) mass is 463 g/mol. The van der Waals surface area contributed by atoms with Crippen molar-refractivity contribution in [3.8, 4) is 11.5 Å². The number of likely N-dealkylation sites (tertiary alicyclic amines) is 1. The lowest BCUT2D eigenvalue weighted by Gasteiger charge is -2.36. The highest BCUT2D eigenvalue weighted by molar-refractivity contribution is 5.92. The highest BCUT2D eigenvalue weighted by atomic mass is 16.6. The van der Waals surface area contributed by atoms with Crippen LogP contribution in [0.5, 0.6) is 11.5 Å². The lowest BCUT2D eigenvalue weighted by atomic mass is 10.0. The molecule has 178 valence electrons. The molecule has 1 aromatic carbocycles. The summed E-state index contributed by atoms with van der Waals surface area (Å²) in [5.41, 5.74) is -0.0292. The molecule has 12 heteroatoms. The van der Waals surface area contributed by atoms with Crippen LogP contribution in [-0.4, -0.2) is 85.8 Å². The summed E-state index contributed by atoms with van der Waals surface area (Å²) in [5.74, 6) is -0.362. The van der Waals surface area contributed by atoms with Crippen LogP contribution < -0.4 is 9.47 Å². The molecule has 2 aliphatic rings. The van der Waals surface area contributed by atoms with Gasteiger partial charge in [0.1, 0.15) is 6.61 Å². The van der Waals surface area contributed by atoms with Crippen molar-refractivity contribution in [3.63, 3.8) is 0 Å². The van der Waals surface area contributed by atoms with Crippen LogP contribution in [0.3, 0.4) is 0 Å². The second kappa shape index (κ2) is 10.2. The largest absolute Gasteiger partial charge is 0.493 e. The number of hydrogen-bond donors (Lipinski definition) is 0. The molecule has 12 nitrogen and oxygen atoms in total. The van der Waals surface area contributed by atoms with Crippen molar-refractivity contribution in [2.24, 2.45) is 0 Å². The molecule has 2 fully saturated rings. The summed E-state index contributed by atoms with van der Waals surface area (Å²) in [6, 6.07) is 1.62. The molecule has 0 aliphatic carbocycles. The molecule has 1 unspecified atom stereocenters. The molecule has 0 bridgehead atoms. The fourth-order valence-electron chi connectivity index (χ4n) is 3.96. The Hall–Kier alpha value is -3.83. The van der Waals surface area contributed by atoms with Gasteiger partial charge in [-0.15, -0.1) is 0 Å². The number of methoxy groups -OCH3 is 3. The van der Waals surface area contributed by atoms with E-state index in [1.54, 1.807) is 4.90 Å². The van der Waals surface area contributed by atoms with Crippen LogP contribution in [0.1, 0.15) is 18.4 Å². The van der Waals surface area contributed by atoms with Crippen molar-refractivity contribution in [1.82, 2.24) is 9.80 Å². The van der Waals surface area contributed by atoms with E-state index in [2.05, 4.69) is 0 Å². The van der Waals surface area contributed by atoms with Gasteiger partial charge in [-0.1, -0.05) is 0 Å². The third-order valence-electron chi connectivity index (χ3n) is 5.69. The molecule has 2 aliphatic heterocycles. The summed E-state index contributed by atoms with van der Waals surface area (Å²) in [6.45, 7) is 0.635. The number of carbonyl (C=O) groups is 3. The van der Waals surface area contributed by atoms with Crippen LogP contribution in [0.15, 0.2) is 18.2 Å². The molecule has 0 N–H and O–H groups in total. The number of carbonyl (C=O) groups excluding carboxylic acids is 3. The number of hydrogen-bond acceptors (Lipinski definition) is 9. The topological polar surface area (TPSA) is 138 Å². The minimum absolute atomic E-state index is 0.0580. The van der Waals surface area contributed by atoms with E-state index in [1.807, 2.05) is 0 Å². The molecule has 2 heterocycles. The average molecular weight is 463 g/mol. The van der Waals surface area contributed by atoms with Gasteiger partial charge in [-0.25, -0.2) is 9.59 Å². The van der Waals surface area contributed by atoms with Crippen LogP contribution >= 0.6 is 0 Å². The van der Waals surface area contributed by atoms with E-state index in [-0.39, 0.29) is 35.6 Å². The molecular formula is C21H25N3O9. The Morgan fingerprint density at radius 1 is 1.15 bits per heavy atom. The smallest absolute Gasteiger partial charge is 0.410 e. The predicted molar refractivity (Wildman–Crippen MR) is 114 cm³/mol. The van der Waals surface area contributed by atoms with E-state index in [0.29, 0.717) is 31.7 Å². The van der Waals surface area contributed by atoms with Gasteiger partial charge in [0.05, 0.1) is 37.9 Å². The van der Waals surface area contributed by atoms with E-state index >= 15 is 0 Å². The quantitative estimate of drug-likeness (QED) is 0.255. The van der Waals surface area contributed by atoms with Crippen molar-refractivity contribution < 1.29 is 38.3 Å². The summed E-state index contributed by atoms with van der Waals surface area (Å²) in [6.07, 6.45) is 2.96. The van der Waals surface area contributed by atoms with Crippen molar-refractivity contribution in [2.75, 3.05) is 41.0 Å². The van der Waals surface area contributed by atoms with E-state index in [0.717, 1.165) is 0 Å². The van der Waals surface area contributed by atoms with Crippen LogP contribution in [-0.2, 0) is 19.1 Å². The molecule has 33 heavy (non-hydrogen) atoms. The van der Waals surface area contributed by atoms with E-state index in [1.165, 1.54) is 50.5 Å². The molecule has 2 amide bonds. The summed E-state index contributed by atoms with van der Waals surface area (Å²) in [5, 5.41) is 11.4. The van der Waals surface area contributed by atoms with Crippen LogP contribution in [0.4, 0.5) is 10.5 Å². The Morgan fingerprint density at radius 2 is 1.79 bits per heavy atom. The highest BCUT2D eigenvalue weighted by Gasteiger charge is 2.44. The summed E-state index contributed by atoms with van der Waals surface area (Å²) < 4.78 is 20.0. The molecule has 0 saturated carbocycles. The minimum atomic E-state index is -0.791. The maximum Gasteiger partial charge on any atom is 0.410 e. The van der Waals surface area contributed by atoms with Gasteiger partial charge in [0, 0.05) is 25.2 Å². The van der Waals surface area contributed by atoms with E-state index in [9.17, 15) is 24.5 Å². The van der Waals surface area contributed by atoms with Gasteiger partial charge in [-0.2, -0.15) is 0 Å². The van der Waals surface area contributed by atoms with Crippen LogP contribution in [0, 0.1) is 10.1 Å². The molecule has 0 radical (unpaired) electrons. The van der Waals surface area contributed by atoms with Crippen LogP contribution in [0.25, 0.3) is 6.08 Å². The molecule has 1 atom stereocenters. The predicted octanol–water partition coefficient (Wildman–Crippen LogP) is 1.61. The standard InChI is InChI=1S/C21H25N3O9/c1-30-17-10-13(15(24(28)29)11-18(17)31-2)4-5-19(25)22-8-6-14(7-9-22)23-16(20(26)32-3)12-33-21(23)27/h4-5,10-11,14,16H,6-9,12H2,1-3H3. The number of rotatable bonds is 7. The SMILES string of the molecule is COC(=O)C1COC(=O)N1C1CCN(C(=O)C=Cc2cc(OC)c(OC)cc2[N+](=O)[O-])CC1. The fourth-order valence-corrected chi connectivity index (χ4v) is 3.96. The van der Waals surface area contributed by atoms with E-state index in [4.69, 9.17) is 18.9 Å². The maximum absolute atomic E-state index is 12.7. The van der Waals surface area contributed by atoms with Gasteiger partial charge in [-0.3, -0.25) is 19.8 Å². The number of nitro benzene ring substituents is 1. The Morgan fingerprint density at radius 3 is 2.36 bits per heavy atom. The third-order valence-corrected chi connectivity index (χ3v) is 5.69. The number of nitro groups is 1. The Labute approximate surface area is 189 Å². The lowest BCUT2D eigenvalue weighted by Crippen LogP contribution is -2.51. The number of ether oxygens (including phenoxy) is 4. The molecule has 0 aromatic heterocycles. The molecule has 0 spiro atoms. The number of amides is 2. The Kier molecular flexibility index (Phi) is 7.36. The number of cyclic esters (lactones) is 1. The molecule has 1 aromatic rings. The third kappa shape index (κ3) is 4.99. The van der Waals surface area contributed by atoms with Gasteiger partial charge in [0.15, 0.2) is 17.5 Å². The Bertz CT molecular complexity index is 970. The second-order valence-corrected chi connectivity index (χ2v) is 7.44. The van der Waals surface area contributed by atoms with Gasteiger partial charge in [0.25, 0.3) is 5.69 Å². The second-order valence-electron chi connectivity index (χ2n) is 7.44. The summed E-state index contributed by atoms with van der Waals surface area (Å²) in [4.78, 5) is 50.5. The maximum atomic E-state index is 12.7. The fraction of sp³-hybridized carbons (Fsp3) is 0.476. The van der Waals surface area contributed by atoms with E-state index < -0.39 is 23.0 Å². The normalized spacial score (nSPS) is 18.9. The molecular weight excluding hydrogens is 438 g/mol. The average Bonchev–Trinajstić information content (AvgIpc) is 3.22. The molecule has 3 rings (SSSR count). The van der Waals surface area contributed by atoms with Crippen LogP contribution in [0.2, 0.25) is 0 Å². The number of esters is 1. The van der Waals surface area contributed by atoms with Crippen molar-refractivity contribution in [3.05, 3.63) is 33.9 Å². The van der Waals surface area contributed by atoms with Crippen molar-refractivity contribution in [2.45, 2.75) is 24.9 Å². The first-order valence-corrected chi connectivity index (χ1v) is 10.2. The zero-order valence-electron chi connectivity index (χ0n) is 18.5. The minimum Gasteiger partial charge on any atom is -0.493 e. The van der Waals surface area contributed by atoms with Gasteiger partial charge >= 0.3 is 12.1 Å². The zero-order chi connectivity index (χ0) is 24.1. The summed E-state index contributed by atoms with van der Waals surface area (Å²) in [7, 11) is 4.03. The number of nitrogens with zero attached hydrogens (tertiary/aromatic N) is 3. The van der Waals surface area contributed by atoms with Gasteiger partial charge in [-0.05, 0) is 25.0 Å². The first-order chi connectivity index (χ1) is 15.8. The first-order valence-electron chi connectivity index (χ1n) is 10.2. The highest BCUT2D eigenvalue weighted by Crippen LogP contribution is 2.35. The first kappa shape index (κ1) is 23.8. The Balaban J connectivity index is 1.68. The molecule has 2 saturated heterocycles. The summed E-state index contributed by atoms with van der Waals surface area (Å²) >= 11 is 0. The van der Waals surface area contributed by atoms with Gasteiger partial charge < -0.3 is 23.8 Å². The number of benzene rings is 1.